The van der Waals surface area contributed by atoms with Gasteiger partial charge in [-0.2, -0.15) is 0 Å². The van der Waals surface area contributed by atoms with E-state index in [4.69, 9.17) is 16.3 Å². The van der Waals surface area contributed by atoms with E-state index in [0.29, 0.717) is 17.4 Å². The van der Waals surface area contributed by atoms with Crippen LogP contribution in [0.2, 0.25) is 5.02 Å². The summed E-state index contributed by atoms with van der Waals surface area (Å²) < 4.78 is 8.17. The van der Waals surface area contributed by atoms with Crippen LogP contribution in [0, 0.1) is 13.8 Å². The van der Waals surface area contributed by atoms with E-state index in [-0.39, 0.29) is 12.4 Å². The summed E-state index contributed by atoms with van der Waals surface area (Å²) in [6, 6.07) is 9.58. The second kappa shape index (κ2) is 7.24. The fraction of sp³-hybridized carbons (Fsp3) is 0.278. The highest BCUT2D eigenvalue weighted by molar-refractivity contribution is 6.32. The van der Waals surface area contributed by atoms with E-state index in [1.54, 1.807) is 0 Å². The molecule has 0 bridgehead atoms. The van der Waals surface area contributed by atoms with Gasteiger partial charge in [0.2, 0.25) is 0 Å². The lowest BCUT2D eigenvalue weighted by molar-refractivity contribution is 0.302. The molecule has 3 aromatic rings. The van der Waals surface area contributed by atoms with Gasteiger partial charge in [0.15, 0.2) is 0 Å². The third-order valence-corrected chi connectivity index (χ3v) is 4.45. The van der Waals surface area contributed by atoms with E-state index >= 15 is 0 Å². The molecule has 2 aromatic heterocycles. The summed E-state index contributed by atoms with van der Waals surface area (Å²) in [5.74, 6) is 0.686. The third kappa shape index (κ3) is 3.17. The van der Waals surface area contributed by atoms with Crippen LogP contribution in [0.25, 0.3) is 10.9 Å². The van der Waals surface area contributed by atoms with Crippen molar-refractivity contribution in [3.8, 4) is 5.75 Å². The van der Waals surface area contributed by atoms with E-state index in [2.05, 4.69) is 36.4 Å². The highest BCUT2D eigenvalue weighted by Gasteiger charge is 2.14. The van der Waals surface area contributed by atoms with Crippen molar-refractivity contribution < 1.29 is 4.74 Å². The first-order chi connectivity index (χ1) is 10.6. The van der Waals surface area contributed by atoms with E-state index in [0.717, 1.165) is 17.8 Å². The normalized spacial score (nSPS) is 10.6. The fourth-order valence-electron chi connectivity index (χ4n) is 2.87. The molecule has 122 valence electrons. The maximum Gasteiger partial charge on any atom is 0.138 e. The van der Waals surface area contributed by atoms with Crippen molar-refractivity contribution in [2.24, 2.45) is 0 Å². The Bertz CT molecular complexity index is 827. The number of halogens is 2. The largest absolute Gasteiger partial charge is 0.486 e. The lowest BCUT2D eigenvalue weighted by Gasteiger charge is -2.11. The van der Waals surface area contributed by atoms with Crippen molar-refractivity contribution in [2.75, 3.05) is 0 Å². The number of benzene rings is 1. The molecule has 2 heterocycles. The van der Waals surface area contributed by atoms with Crippen LogP contribution in [0.4, 0.5) is 0 Å². The Morgan fingerprint density at radius 3 is 2.61 bits per heavy atom. The molecule has 3 nitrogen and oxygen atoms in total. The minimum absolute atomic E-state index is 0. The third-order valence-electron chi connectivity index (χ3n) is 4.14. The van der Waals surface area contributed by atoms with Crippen LogP contribution in [0.5, 0.6) is 5.75 Å². The van der Waals surface area contributed by atoms with Crippen LogP contribution in [-0.2, 0) is 13.2 Å². The molecule has 0 aliphatic carbocycles. The molecule has 0 atom stereocenters. The molecule has 0 saturated carbocycles. The number of rotatable bonds is 4. The monoisotopic (exact) mass is 350 g/mol. The molecular formula is C18H20Cl2N2O. The number of aromatic nitrogens is 2. The highest BCUT2D eigenvalue weighted by Crippen LogP contribution is 2.29. The summed E-state index contributed by atoms with van der Waals surface area (Å²) >= 11 is 6.15. The van der Waals surface area contributed by atoms with Gasteiger partial charge in [-0.3, -0.25) is 4.98 Å². The van der Waals surface area contributed by atoms with Gasteiger partial charge in [0, 0.05) is 23.8 Å². The minimum Gasteiger partial charge on any atom is -0.486 e. The first-order valence-corrected chi connectivity index (χ1v) is 7.82. The van der Waals surface area contributed by atoms with Crippen LogP contribution in [0.3, 0.4) is 0 Å². The van der Waals surface area contributed by atoms with Crippen LogP contribution in [-0.4, -0.2) is 9.55 Å². The first kappa shape index (κ1) is 17.6. The van der Waals surface area contributed by atoms with Gasteiger partial charge in [-0.25, -0.2) is 0 Å². The molecule has 0 saturated heterocycles. The van der Waals surface area contributed by atoms with Gasteiger partial charge in [-0.05, 0) is 44.5 Å². The minimum atomic E-state index is 0. The quantitative estimate of drug-likeness (QED) is 0.635. The molecule has 0 N–H and O–H groups in total. The number of aryl methyl sites for hydroxylation is 2. The molecule has 0 aliphatic heterocycles. The summed E-state index contributed by atoms with van der Waals surface area (Å²) in [6.45, 7) is 7.78. The van der Waals surface area contributed by atoms with Crippen LogP contribution in [0.1, 0.15) is 23.9 Å². The summed E-state index contributed by atoms with van der Waals surface area (Å²) in [6.07, 6.45) is 1.85. The first-order valence-electron chi connectivity index (χ1n) is 7.44. The standard InChI is InChI=1S/C18H19ClN2O.ClH/c1-4-21-13(3)12(2)14-9-10-20-16(18(14)21)11-22-17-8-6-5-7-15(17)19;/h5-10H,4,11H2,1-3H3;1H. The molecule has 5 heteroatoms. The molecule has 1 aromatic carbocycles. The molecule has 0 fully saturated rings. The van der Waals surface area contributed by atoms with Crippen molar-refractivity contribution in [3.63, 3.8) is 0 Å². The number of nitrogens with zero attached hydrogens (tertiary/aromatic N) is 2. The van der Waals surface area contributed by atoms with Crippen LogP contribution >= 0.6 is 24.0 Å². The second-order valence-corrected chi connectivity index (χ2v) is 5.73. The zero-order valence-corrected chi connectivity index (χ0v) is 15.0. The number of pyridine rings is 1. The predicted octanol–water partition coefficient (Wildman–Crippen LogP) is 5.33. The molecule has 0 unspecified atom stereocenters. The van der Waals surface area contributed by atoms with Crippen LogP contribution < -0.4 is 4.74 Å². The highest BCUT2D eigenvalue weighted by atomic mass is 35.5. The van der Waals surface area contributed by atoms with Crippen molar-refractivity contribution in [3.05, 3.63) is 58.5 Å². The maximum absolute atomic E-state index is 6.15. The second-order valence-electron chi connectivity index (χ2n) is 5.33. The van der Waals surface area contributed by atoms with Crippen molar-refractivity contribution in [1.82, 2.24) is 9.55 Å². The van der Waals surface area contributed by atoms with Gasteiger partial charge in [0.1, 0.15) is 18.1 Å². The van der Waals surface area contributed by atoms with E-state index in [1.165, 1.54) is 16.6 Å². The van der Waals surface area contributed by atoms with E-state index in [9.17, 15) is 0 Å². The van der Waals surface area contributed by atoms with Crippen molar-refractivity contribution in [1.29, 1.82) is 0 Å². The number of hydrogen-bond acceptors (Lipinski definition) is 2. The van der Waals surface area contributed by atoms with E-state index < -0.39 is 0 Å². The zero-order chi connectivity index (χ0) is 15.7. The molecule has 23 heavy (non-hydrogen) atoms. The average Bonchev–Trinajstić information content (AvgIpc) is 2.78. The number of para-hydroxylation sites is 1. The molecule has 0 radical (unpaired) electrons. The van der Waals surface area contributed by atoms with E-state index in [1.807, 2.05) is 30.5 Å². The van der Waals surface area contributed by atoms with Gasteiger partial charge < -0.3 is 9.30 Å². The summed E-state index contributed by atoms with van der Waals surface area (Å²) in [5, 5.41) is 1.86. The molecule has 3 rings (SSSR count). The van der Waals surface area contributed by atoms with Gasteiger partial charge in [0.05, 0.1) is 10.5 Å². The Kier molecular flexibility index (Phi) is 5.55. The Balaban J connectivity index is 0.00000192. The SMILES string of the molecule is CCn1c(C)c(C)c2ccnc(COc3ccccc3Cl)c21.Cl. The topological polar surface area (TPSA) is 27.1 Å². The number of ether oxygens (including phenoxy) is 1. The number of fused-ring (bicyclic) bond motifs is 1. The smallest absolute Gasteiger partial charge is 0.138 e. The molecule has 0 spiro atoms. The fourth-order valence-corrected chi connectivity index (χ4v) is 3.07. The molecule has 0 aliphatic rings. The Morgan fingerprint density at radius 2 is 1.91 bits per heavy atom. The predicted molar refractivity (Wildman–Crippen MR) is 97.9 cm³/mol. The van der Waals surface area contributed by atoms with Gasteiger partial charge in [0.25, 0.3) is 0 Å². The Hall–Kier alpha value is -1.71. The average molecular weight is 351 g/mol. The Morgan fingerprint density at radius 1 is 1.17 bits per heavy atom. The summed E-state index contributed by atoms with van der Waals surface area (Å²) in [7, 11) is 0. The lowest BCUT2D eigenvalue weighted by Crippen LogP contribution is -2.04. The molecule has 0 amide bonds. The zero-order valence-electron chi connectivity index (χ0n) is 13.5. The maximum atomic E-state index is 6.15. The Labute approximate surface area is 147 Å². The van der Waals surface area contributed by atoms with Crippen molar-refractivity contribution in [2.45, 2.75) is 33.9 Å². The summed E-state index contributed by atoms with van der Waals surface area (Å²) in [4.78, 5) is 4.53. The van der Waals surface area contributed by atoms with Crippen LogP contribution in [0.15, 0.2) is 36.5 Å². The molecular weight excluding hydrogens is 331 g/mol. The van der Waals surface area contributed by atoms with Gasteiger partial charge in [-0.15, -0.1) is 12.4 Å². The lowest BCUT2D eigenvalue weighted by atomic mass is 10.2. The van der Waals surface area contributed by atoms with Gasteiger partial charge in [-0.1, -0.05) is 23.7 Å². The van der Waals surface area contributed by atoms with Crippen molar-refractivity contribution >= 4 is 34.9 Å². The van der Waals surface area contributed by atoms with Gasteiger partial charge >= 0.3 is 0 Å². The number of hydrogen-bond donors (Lipinski definition) is 0. The summed E-state index contributed by atoms with van der Waals surface area (Å²) in [5.41, 5.74) is 4.69.